The molecule has 3 nitrogen and oxygen atoms in total. The number of nitrogens with zero attached hydrogens (tertiary/aromatic N) is 2. The quantitative estimate of drug-likeness (QED) is 0.785. The molecule has 0 aromatic carbocycles. The third-order valence-corrected chi connectivity index (χ3v) is 4.95. The first kappa shape index (κ1) is 11.9. The molecule has 0 N–H and O–H groups in total. The van der Waals surface area contributed by atoms with Crippen molar-refractivity contribution in [2.45, 2.75) is 32.4 Å². The lowest BCUT2D eigenvalue weighted by Gasteiger charge is -2.20. The summed E-state index contributed by atoms with van der Waals surface area (Å²) < 4.78 is 0. The van der Waals surface area contributed by atoms with Gasteiger partial charge >= 0.3 is 0 Å². The van der Waals surface area contributed by atoms with Crippen molar-refractivity contribution in [2.24, 2.45) is 0 Å². The van der Waals surface area contributed by atoms with Crippen molar-refractivity contribution >= 4 is 34.1 Å². The highest BCUT2D eigenvalue weighted by atomic mass is 32.1. The second-order valence-electron chi connectivity index (χ2n) is 4.55. The van der Waals surface area contributed by atoms with Crippen molar-refractivity contribution < 1.29 is 4.79 Å². The summed E-state index contributed by atoms with van der Waals surface area (Å²) in [6.45, 7) is 2.80. The number of carbonyl (C=O) groups is 1. The lowest BCUT2D eigenvalue weighted by atomic mass is 10.3. The fourth-order valence-electron chi connectivity index (χ4n) is 1.94. The maximum Gasteiger partial charge on any atom is 0.186 e. The largest absolute Gasteiger partial charge is 0.341 e. The fourth-order valence-corrected chi connectivity index (χ4v) is 3.56. The first-order chi connectivity index (χ1) is 8.78. The maximum atomic E-state index is 10.9. The second kappa shape index (κ2) is 4.82. The Kier molecular flexibility index (Phi) is 3.18. The van der Waals surface area contributed by atoms with E-state index in [9.17, 15) is 4.79 Å². The molecule has 0 amide bonds. The third kappa shape index (κ3) is 2.33. The Morgan fingerprint density at radius 2 is 2.39 bits per heavy atom. The third-order valence-electron chi connectivity index (χ3n) is 3.09. The van der Waals surface area contributed by atoms with Crippen LogP contribution >= 0.6 is 22.7 Å². The van der Waals surface area contributed by atoms with E-state index in [1.54, 1.807) is 11.3 Å². The van der Waals surface area contributed by atoms with E-state index in [0.717, 1.165) is 28.5 Å². The molecular formula is C13H14N2OS2. The molecule has 2 heterocycles. The van der Waals surface area contributed by atoms with Crippen LogP contribution < -0.4 is 4.90 Å². The lowest BCUT2D eigenvalue weighted by Crippen LogP contribution is -2.24. The Morgan fingerprint density at radius 1 is 1.56 bits per heavy atom. The van der Waals surface area contributed by atoms with E-state index in [-0.39, 0.29) is 0 Å². The van der Waals surface area contributed by atoms with Gasteiger partial charge in [0.05, 0.1) is 10.6 Å². The van der Waals surface area contributed by atoms with Gasteiger partial charge in [0.25, 0.3) is 0 Å². The standard InChI is InChI=1S/C13H14N2OS2/c1-9-12(7-16)18-13(14-9)15(11-2-3-11)6-10-4-5-17-8-10/h4-5,7-8,11H,2-3,6H2,1H3. The molecular weight excluding hydrogens is 264 g/mol. The van der Waals surface area contributed by atoms with E-state index in [0.29, 0.717) is 6.04 Å². The van der Waals surface area contributed by atoms with Gasteiger partial charge in [-0.1, -0.05) is 11.3 Å². The summed E-state index contributed by atoms with van der Waals surface area (Å²) in [5, 5.41) is 5.27. The van der Waals surface area contributed by atoms with E-state index < -0.39 is 0 Å². The van der Waals surface area contributed by atoms with Gasteiger partial charge in [-0.25, -0.2) is 4.98 Å². The highest BCUT2D eigenvalue weighted by Gasteiger charge is 2.31. The molecule has 2 aromatic heterocycles. The number of anilines is 1. The van der Waals surface area contributed by atoms with E-state index >= 15 is 0 Å². The van der Waals surface area contributed by atoms with Crippen molar-refractivity contribution in [3.05, 3.63) is 33.0 Å². The van der Waals surface area contributed by atoms with Gasteiger partial charge in [-0.2, -0.15) is 11.3 Å². The van der Waals surface area contributed by atoms with Gasteiger partial charge in [-0.15, -0.1) is 0 Å². The molecule has 1 fully saturated rings. The molecule has 0 aliphatic heterocycles. The number of aryl methyl sites for hydroxylation is 1. The lowest BCUT2D eigenvalue weighted by molar-refractivity contribution is 0.112. The number of rotatable bonds is 5. The summed E-state index contributed by atoms with van der Waals surface area (Å²) in [7, 11) is 0. The predicted octanol–water partition coefficient (Wildman–Crippen LogP) is 3.49. The fraction of sp³-hybridized carbons (Fsp3) is 0.385. The summed E-state index contributed by atoms with van der Waals surface area (Å²) in [6, 6.07) is 2.76. The molecule has 1 aliphatic rings. The van der Waals surface area contributed by atoms with Crippen LogP contribution in [0.3, 0.4) is 0 Å². The molecule has 0 unspecified atom stereocenters. The Hall–Kier alpha value is -1.20. The van der Waals surface area contributed by atoms with E-state index in [4.69, 9.17) is 0 Å². The van der Waals surface area contributed by atoms with Crippen LogP contribution in [-0.4, -0.2) is 17.3 Å². The molecule has 1 saturated carbocycles. The molecule has 3 rings (SSSR count). The Labute approximate surface area is 114 Å². The number of thiazole rings is 1. The molecule has 0 atom stereocenters. The van der Waals surface area contributed by atoms with Crippen LogP contribution in [0.4, 0.5) is 5.13 Å². The number of hydrogen-bond acceptors (Lipinski definition) is 5. The number of thiophene rings is 1. The molecule has 0 bridgehead atoms. The minimum Gasteiger partial charge on any atom is -0.341 e. The average Bonchev–Trinajstić information content (AvgIpc) is 2.94. The smallest absolute Gasteiger partial charge is 0.186 e. The molecule has 0 spiro atoms. The summed E-state index contributed by atoms with van der Waals surface area (Å²) in [5.74, 6) is 0. The first-order valence-corrected chi connectivity index (χ1v) is 7.74. The highest BCUT2D eigenvalue weighted by Crippen LogP contribution is 2.36. The minimum atomic E-state index is 0.606. The number of aromatic nitrogens is 1. The molecule has 18 heavy (non-hydrogen) atoms. The summed E-state index contributed by atoms with van der Waals surface area (Å²) in [5.41, 5.74) is 2.17. The number of aldehydes is 1. The number of carbonyl (C=O) groups excluding carboxylic acids is 1. The second-order valence-corrected chi connectivity index (χ2v) is 6.34. The summed E-state index contributed by atoms with van der Waals surface area (Å²) in [4.78, 5) is 18.6. The van der Waals surface area contributed by atoms with Gasteiger partial charge in [0.15, 0.2) is 11.4 Å². The molecule has 94 valence electrons. The summed E-state index contributed by atoms with van der Waals surface area (Å²) >= 11 is 3.23. The van der Waals surface area contributed by atoms with Crippen molar-refractivity contribution in [1.29, 1.82) is 0 Å². The van der Waals surface area contributed by atoms with Gasteiger partial charge < -0.3 is 4.90 Å². The zero-order valence-electron chi connectivity index (χ0n) is 10.1. The van der Waals surface area contributed by atoms with Crippen LogP contribution in [0.15, 0.2) is 16.8 Å². The first-order valence-electron chi connectivity index (χ1n) is 5.98. The van der Waals surface area contributed by atoms with Crippen LogP contribution in [-0.2, 0) is 6.54 Å². The Bertz CT molecular complexity index is 543. The Balaban J connectivity index is 1.86. The van der Waals surface area contributed by atoms with Crippen molar-refractivity contribution in [1.82, 2.24) is 4.98 Å². The van der Waals surface area contributed by atoms with Crippen LogP contribution in [0, 0.1) is 6.92 Å². The van der Waals surface area contributed by atoms with Crippen LogP contribution in [0.2, 0.25) is 0 Å². The normalized spacial score (nSPS) is 14.7. The predicted molar refractivity (Wildman–Crippen MR) is 75.8 cm³/mol. The summed E-state index contributed by atoms with van der Waals surface area (Å²) in [6.07, 6.45) is 3.38. The Morgan fingerprint density at radius 3 is 2.94 bits per heavy atom. The van der Waals surface area contributed by atoms with Crippen LogP contribution in [0.5, 0.6) is 0 Å². The monoisotopic (exact) mass is 278 g/mol. The van der Waals surface area contributed by atoms with Gasteiger partial charge in [0.2, 0.25) is 0 Å². The van der Waals surface area contributed by atoms with Crippen LogP contribution in [0.25, 0.3) is 0 Å². The molecule has 5 heteroatoms. The average molecular weight is 278 g/mol. The van der Waals surface area contributed by atoms with Crippen molar-refractivity contribution in [3.63, 3.8) is 0 Å². The van der Waals surface area contributed by atoms with Gasteiger partial charge in [0, 0.05) is 12.6 Å². The van der Waals surface area contributed by atoms with Crippen LogP contribution in [0.1, 0.15) is 33.8 Å². The zero-order chi connectivity index (χ0) is 12.5. The van der Waals surface area contributed by atoms with E-state index in [1.165, 1.54) is 29.7 Å². The van der Waals surface area contributed by atoms with E-state index in [1.807, 2.05) is 6.92 Å². The van der Waals surface area contributed by atoms with Crippen molar-refractivity contribution in [3.8, 4) is 0 Å². The van der Waals surface area contributed by atoms with Gasteiger partial charge in [-0.05, 0) is 42.2 Å². The van der Waals surface area contributed by atoms with Gasteiger partial charge in [0.1, 0.15) is 0 Å². The minimum absolute atomic E-state index is 0.606. The molecule has 0 saturated heterocycles. The molecule has 1 aliphatic carbocycles. The maximum absolute atomic E-state index is 10.9. The van der Waals surface area contributed by atoms with Gasteiger partial charge in [-0.3, -0.25) is 4.79 Å². The van der Waals surface area contributed by atoms with E-state index in [2.05, 4.69) is 26.7 Å². The SMILES string of the molecule is Cc1nc(N(Cc2ccsc2)C2CC2)sc1C=O. The number of hydrogen-bond donors (Lipinski definition) is 0. The van der Waals surface area contributed by atoms with Crippen molar-refractivity contribution in [2.75, 3.05) is 4.90 Å². The molecule has 0 radical (unpaired) electrons. The topological polar surface area (TPSA) is 33.2 Å². The highest BCUT2D eigenvalue weighted by molar-refractivity contribution is 7.17. The zero-order valence-corrected chi connectivity index (χ0v) is 11.8. The molecule has 2 aromatic rings.